The van der Waals surface area contributed by atoms with Gasteiger partial charge in [-0.1, -0.05) is 0 Å². The number of aromatic hydroxyl groups is 1. The predicted octanol–water partition coefficient (Wildman–Crippen LogP) is 0.917. The second kappa shape index (κ2) is 2.58. The van der Waals surface area contributed by atoms with E-state index in [1.165, 1.54) is 18.2 Å². The summed E-state index contributed by atoms with van der Waals surface area (Å²) in [7, 11) is 0. The van der Waals surface area contributed by atoms with E-state index in [4.69, 9.17) is 5.11 Å². The minimum Gasteiger partial charge on any atom is -0.508 e. The van der Waals surface area contributed by atoms with Gasteiger partial charge in [-0.2, -0.15) is 0 Å². The lowest BCUT2D eigenvalue weighted by Gasteiger charge is -2.15. The number of Topliss-reactive ketones (excluding diaryl/α,β-unsaturated/α-hetero) is 1. The largest absolute Gasteiger partial charge is 0.508 e. The normalized spacial score (nSPS) is 15.1. The van der Waals surface area contributed by atoms with Crippen LogP contribution in [-0.4, -0.2) is 16.8 Å². The maximum atomic E-state index is 11.3. The number of ketones is 1. The standard InChI is InChI=1S/C9H7NO3/c11-5-1-2-7-6(3-5)8(12)4-9(13)10-7/h1-3,11H,4H2,(H,10,13). The van der Waals surface area contributed by atoms with Gasteiger partial charge in [-0.25, -0.2) is 0 Å². The number of anilines is 1. The van der Waals surface area contributed by atoms with E-state index in [2.05, 4.69) is 5.32 Å². The molecule has 2 N–H and O–H groups in total. The van der Waals surface area contributed by atoms with Crippen molar-refractivity contribution in [1.82, 2.24) is 0 Å². The summed E-state index contributed by atoms with van der Waals surface area (Å²) in [6.45, 7) is 0. The lowest BCUT2D eigenvalue weighted by atomic mass is 10.0. The lowest BCUT2D eigenvalue weighted by Crippen LogP contribution is -2.23. The van der Waals surface area contributed by atoms with Crippen molar-refractivity contribution in [2.24, 2.45) is 0 Å². The highest BCUT2D eigenvalue weighted by Gasteiger charge is 2.22. The Morgan fingerprint density at radius 2 is 2.08 bits per heavy atom. The molecule has 1 aliphatic heterocycles. The molecule has 1 aliphatic rings. The molecular formula is C9H7NO3. The van der Waals surface area contributed by atoms with E-state index in [1.54, 1.807) is 0 Å². The Bertz CT molecular complexity index is 398. The Morgan fingerprint density at radius 3 is 2.85 bits per heavy atom. The molecule has 1 amide bonds. The first-order valence-electron chi connectivity index (χ1n) is 3.83. The molecule has 0 unspecified atom stereocenters. The summed E-state index contributed by atoms with van der Waals surface area (Å²) in [6.07, 6.45) is -0.142. The molecule has 0 aromatic heterocycles. The second-order valence-corrected chi connectivity index (χ2v) is 2.88. The van der Waals surface area contributed by atoms with Gasteiger partial charge in [-0.15, -0.1) is 0 Å². The molecule has 0 radical (unpaired) electrons. The molecule has 4 heteroatoms. The van der Waals surface area contributed by atoms with Gasteiger partial charge in [0.25, 0.3) is 0 Å². The summed E-state index contributed by atoms with van der Waals surface area (Å²) in [5, 5.41) is 11.7. The summed E-state index contributed by atoms with van der Waals surface area (Å²) in [5.41, 5.74) is 0.846. The van der Waals surface area contributed by atoms with Crippen LogP contribution in [0.2, 0.25) is 0 Å². The van der Waals surface area contributed by atoms with Crippen molar-refractivity contribution in [3.63, 3.8) is 0 Å². The van der Waals surface area contributed by atoms with Crippen LogP contribution in [0.4, 0.5) is 5.69 Å². The van der Waals surface area contributed by atoms with Gasteiger partial charge < -0.3 is 10.4 Å². The highest BCUT2D eigenvalue weighted by atomic mass is 16.3. The highest BCUT2D eigenvalue weighted by molar-refractivity contribution is 6.18. The quantitative estimate of drug-likeness (QED) is 0.457. The Kier molecular flexibility index (Phi) is 1.55. The van der Waals surface area contributed by atoms with Gasteiger partial charge in [0, 0.05) is 5.56 Å². The molecule has 0 fully saturated rings. The van der Waals surface area contributed by atoms with Crippen molar-refractivity contribution < 1.29 is 14.7 Å². The molecule has 0 spiro atoms. The summed E-state index contributed by atoms with van der Waals surface area (Å²) in [6, 6.07) is 4.30. The fraction of sp³-hybridized carbons (Fsp3) is 0.111. The van der Waals surface area contributed by atoms with Gasteiger partial charge >= 0.3 is 0 Å². The molecule has 0 saturated heterocycles. The molecule has 1 heterocycles. The number of carbonyl (C=O) groups excluding carboxylic acids is 2. The number of phenols is 1. The number of carbonyl (C=O) groups is 2. The van der Waals surface area contributed by atoms with Crippen molar-refractivity contribution in [3.05, 3.63) is 23.8 Å². The molecule has 1 aromatic carbocycles. The third-order valence-corrected chi connectivity index (χ3v) is 1.90. The van der Waals surface area contributed by atoms with Crippen LogP contribution < -0.4 is 5.32 Å². The molecule has 0 atom stereocenters. The lowest BCUT2D eigenvalue weighted by molar-refractivity contribution is -0.115. The number of phenolic OH excluding ortho intramolecular Hbond substituents is 1. The molecule has 1 aromatic rings. The number of fused-ring (bicyclic) bond motifs is 1. The first-order chi connectivity index (χ1) is 6.16. The van der Waals surface area contributed by atoms with Crippen molar-refractivity contribution >= 4 is 17.4 Å². The van der Waals surface area contributed by atoms with Crippen LogP contribution in [0.5, 0.6) is 5.75 Å². The Labute approximate surface area is 74.2 Å². The zero-order valence-electron chi connectivity index (χ0n) is 6.70. The van der Waals surface area contributed by atoms with Crippen molar-refractivity contribution in [2.45, 2.75) is 6.42 Å². The fourth-order valence-corrected chi connectivity index (χ4v) is 1.31. The Balaban J connectivity index is 2.55. The summed E-state index contributed by atoms with van der Waals surface area (Å²) >= 11 is 0. The zero-order valence-corrected chi connectivity index (χ0v) is 6.70. The van der Waals surface area contributed by atoms with Gasteiger partial charge in [0.1, 0.15) is 5.75 Å². The molecule has 4 nitrogen and oxygen atoms in total. The third kappa shape index (κ3) is 1.26. The van der Waals surface area contributed by atoms with Crippen molar-refractivity contribution in [1.29, 1.82) is 0 Å². The van der Waals surface area contributed by atoms with E-state index in [-0.39, 0.29) is 23.9 Å². The monoisotopic (exact) mass is 177 g/mol. The van der Waals surface area contributed by atoms with E-state index in [1.807, 2.05) is 0 Å². The van der Waals surface area contributed by atoms with Crippen LogP contribution in [0.3, 0.4) is 0 Å². The Morgan fingerprint density at radius 1 is 1.31 bits per heavy atom. The first-order valence-corrected chi connectivity index (χ1v) is 3.83. The molecule has 0 bridgehead atoms. The van der Waals surface area contributed by atoms with E-state index < -0.39 is 0 Å². The SMILES string of the molecule is O=C1CC(=O)c2cc(O)ccc2N1. The molecule has 2 rings (SSSR count). The summed E-state index contributed by atoms with van der Waals surface area (Å²) < 4.78 is 0. The van der Waals surface area contributed by atoms with Crippen LogP contribution in [-0.2, 0) is 4.79 Å². The summed E-state index contributed by atoms with van der Waals surface area (Å²) in [5.74, 6) is -0.527. The zero-order chi connectivity index (χ0) is 9.42. The second-order valence-electron chi connectivity index (χ2n) is 2.88. The number of amides is 1. The minimum absolute atomic E-state index is 0.0308. The number of benzene rings is 1. The van der Waals surface area contributed by atoms with Crippen LogP contribution in [0.25, 0.3) is 0 Å². The third-order valence-electron chi connectivity index (χ3n) is 1.90. The number of nitrogens with one attached hydrogen (secondary N) is 1. The predicted molar refractivity (Wildman–Crippen MR) is 45.7 cm³/mol. The topological polar surface area (TPSA) is 66.4 Å². The first kappa shape index (κ1) is 7.79. The Hall–Kier alpha value is -1.84. The molecule has 0 saturated carbocycles. The molecule has 66 valence electrons. The van der Waals surface area contributed by atoms with Gasteiger partial charge in [0.2, 0.25) is 5.91 Å². The van der Waals surface area contributed by atoms with Crippen molar-refractivity contribution in [2.75, 3.05) is 5.32 Å². The smallest absolute Gasteiger partial charge is 0.232 e. The van der Waals surface area contributed by atoms with Crippen molar-refractivity contribution in [3.8, 4) is 5.75 Å². The van der Waals surface area contributed by atoms with Crippen LogP contribution in [0, 0.1) is 0 Å². The molecular weight excluding hydrogens is 170 g/mol. The number of rotatable bonds is 0. The number of hydrogen-bond acceptors (Lipinski definition) is 3. The highest BCUT2D eigenvalue weighted by Crippen LogP contribution is 2.25. The van der Waals surface area contributed by atoms with Gasteiger partial charge in [-0.05, 0) is 18.2 Å². The van der Waals surface area contributed by atoms with Gasteiger partial charge in [0.05, 0.1) is 12.1 Å². The molecule has 13 heavy (non-hydrogen) atoms. The van der Waals surface area contributed by atoms with Crippen LogP contribution in [0.15, 0.2) is 18.2 Å². The van der Waals surface area contributed by atoms with Crippen LogP contribution >= 0.6 is 0 Å². The summed E-state index contributed by atoms with van der Waals surface area (Å²) in [4.78, 5) is 22.2. The maximum absolute atomic E-state index is 11.3. The average molecular weight is 177 g/mol. The van der Waals surface area contributed by atoms with Gasteiger partial charge in [-0.3, -0.25) is 9.59 Å². The van der Waals surface area contributed by atoms with E-state index >= 15 is 0 Å². The average Bonchev–Trinajstić information content (AvgIpc) is 2.06. The molecule has 0 aliphatic carbocycles. The maximum Gasteiger partial charge on any atom is 0.232 e. The van der Waals surface area contributed by atoms with E-state index in [9.17, 15) is 9.59 Å². The van der Waals surface area contributed by atoms with E-state index in [0.717, 1.165) is 0 Å². The van der Waals surface area contributed by atoms with Gasteiger partial charge in [0.15, 0.2) is 5.78 Å². The minimum atomic E-state index is -0.303. The fourth-order valence-electron chi connectivity index (χ4n) is 1.31. The number of hydrogen-bond donors (Lipinski definition) is 2. The van der Waals surface area contributed by atoms with Crippen LogP contribution in [0.1, 0.15) is 16.8 Å². The van der Waals surface area contributed by atoms with E-state index in [0.29, 0.717) is 11.3 Å².